The average Bonchev–Trinajstić information content (AvgIpc) is 3.41. The Morgan fingerprint density at radius 2 is 1.37 bits per heavy atom. The van der Waals surface area contributed by atoms with Gasteiger partial charge in [0.05, 0.1) is 45.8 Å². The van der Waals surface area contributed by atoms with Crippen molar-refractivity contribution in [2.45, 2.75) is 58.1 Å². The van der Waals surface area contributed by atoms with Gasteiger partial charge in [0.25, 0.3) is 0 Å². The molecule has 0 aliphatic heterocycles. The second-order valence-electron chi connectivity index (χ2n) is 9.39. The summed E-state index contributed by atoms with van der Waals surface area (Å²) in [6.07, 6.45) is 6.86. The van der Waals surface area contributed by atoms with Crippen LogP contribution in [0.5, 0.6) is 0 Å². The molecule has 0 saturated heterocycles. The maximum Gasteiger partial charge on any atom is 0.103 e. The molecule has 204 valence electrons. The van der Waals surface area contributed by atoms with Gasteiger partial charge >= 0.3 is 0 Å². The van der Waals surface area contributed by atoms with E-state index in [1.54, 1.807) is 60.9 Å². The van der Waals surface area contributed by atoms with E-state index in [4.69, 9.17) is 15.6 Å². The number of thiol groups is 1. The van der Waals surface area contributed by atoms with Gasteiger partial charge in [-0.15, -0.1) is 11.8 Å². The summed E-state index contributed by atoms with van der Waals surface area (Å²) >= 11 is 12.3. The van der Waals surface area contributed by atoms with E-state index < -0.39 is 11.2 Å². The van der Waals surface area contributed by atoms with E-state index >= 15 is 0 Å². The van der Waals surface area contributed by atoms with Crippen LogP contribution in [-0.4, -0.2) is 52.1 Å². The van der Waals surface area contributed by atoms with E-state index in [9.17, 15) is 5.11 Å². The molecule has 2 N–H and O–H groups in total. The van der Waals surface area contributed by atoms with E-state index in [1.807, 2.05) is 31.5 Å². The Hall–Kier alpha value is -2.06. The number of rotatable bonds is 4. The number of fused-ring (bicyclic) bond motifs is 2. The first-order valence-corrected chi connectivity index (χ1v) is 14.2. The highest BCUT2D eigenvalue weighted by molar-refractivity contribution is 9.11. The van der Waals surface area contributed by atoms with Crippen molar-refractivity contribution in [1.82, 2.24) is 19.2 Å². The molecule has 4 aromatic heterocycles. The zero-order valence-corrected chi connectivity index (χ0v) is 26.0. The second-order valence-corrected chi connectivity index (χ2v) is 12.5. The maximum absolute atomic E-state index is 9.71. The molecule has 0 amide bonds. The molecule has 0 aliphatic rings. The number of nitrogens with zero attached hydrogens (tertiary/aromatic N) is 6. The Labute approximate surface area is 250 Å². The molecular formula is C26H32Br2N6O2S2. The lowest BCUT2D eigenvalue weighted by Gasteiger charge is -2.16. The molecule has 0 atom stereocenters. The average molecular weight is 685 g/mol. The first-order chi connectivity index (χ1) is 17.2. The van der Waals surface area contributed by atoms with E-state index in [-0.39, 0.29) is 7.43 Å². The summed E-state index contributed by atoms with van der Waals surface area (Å²) in [5.41, 5.74) is 2.52. The molecule has 4 heterocycles. The molecule has 0 radical (unpaired) electrons. The van der Waals surface area contributed by atoms with Crippen LogP contribution < -0.4 is 0 Å². The smallest absolute Gasteiger partial charge is 0.103 e. The highest BCUT2D eigenvalue weighted by Gasteiger charge is 2.15. The second kappa shape index (κ2) is 14.4. The highest BCUT2D eigenvalue weighted by Crippen LogP contribution is 2.29. The fourth-order valence-corrected chi connectivity index (χ4v) is 5.19. The minimum atomic E-state index is -0.714. The molecule has 12 heteroatoms. The summed E-state index contributed by atoms with van der Waals surface area (Å²) in [6.45, 7) is 8.97. The van der Waals surface area contributed by atoms with Crippen LogP contribution in [0.25, 0.3) is 11.0 Å². The molecule has 0 unspecified atom stereocenters. The number of hydrogen-bond donors (Lipinski definition) is 3. The summed E-state index contributed by atoms with van der Waals surface area (Å²) in [6, 6.07) is 8.11. The Bertz CT molecular complexity index is 1460. The third kappa shape index (κ3) is 9.92. The standard InChI is InChI=1S/C12H12BrN3OS.C9H6BrN3.C4H10OS.CH4/c1-12(2,17)7-18-9-3-10(13)11-8(4-14)5-15-16(11)6-9;1-6-2-8(10)9-7(3-11)4-12-13(9)5-6;1-4(2,5)3-6;/h3,5-6,17H,7H2,1-2H3;2,4-5H,1H3;5-6H,3H2,1-2H3;1H4. The maximum atomic E-state index is 9.71. The predicted molar refractivity (Wildman–Crippen MR) is 164 cm³/mol. The van der Waals surface area contributed by atoms with Gasteiger partial charge in [-0.2, -0.15) is 33.3 Å². The molecule has 0 aromatic carbocycles. The quantitative estimate of drug-likeness (QED) is 0.167. The minimum absolute atomic E-state index is 0. The summed E-state index contributed by atoms with van der Waals surface area (Å²) in [4.78, 5) is 0.990. The molecule has 4 aromatic rings. The topological polar surface area (TPSA) is 123 Å². The van der Waals surface area contributed by atoms with Crippen LogP contribution in [0.3, 0.4) is 0 Å². The van der Waals surface area contributed by atoms with Crippen molar-refractivity contribution in [3.05, 3.63) is 62.6 Å². The summed E-state index contributed by atoms with van der Waals surface area (Å²) in [7, 11) is 0. The number of aryl methyl sites for hydroxylation is 1. The van der Waals surface area contributed by atoms with Gasteiger partial charge in [-0.25, -0.2) is 9.03 Å². The van der Waals surface area contributed by atoms with Crippen LogP contribution in [0.1, 0.15) is 51.8 Å². The number of halogens is 2. The van der Waals surface area contributed by atoms with Crippen molar-refractivity contribution in [2.24, 2.45) is 0 Å². The SMILES string of the molecule is C.CC(C)(O)CS.CC(C)(O)CSc1cc(Br)c2c(C#N)cnn2c1.Cc1cc(Br)c2c(C#N)cnn2c1. The van der Waals surface area contributed by atoms with Crippen LogP contribution >= 0.6 is 56.3 Å². The van der Waals surface area contributed by atoms with E-state index in [0.717, 1.165) is 30.4 Å². The Morgan fingerprint density at radius 3 is 1.79 bits per heavy atom. The van der Waals surface area contributed by atoms with Crippen LogP contribution in [0.4, 0.5) is 0 Å². The number of thioether (sulfide) groups is 1. The molecule has 4 rings (SSSR count). The lowest BCUT2D eigenvalue weighted by atomic mass is 10.2. The van der Waals surface area contributed by atoms with Gasteiger partial charge in [0.2, 0.25) is 0 Å². The Balaban J connectivity index is 0.000000317. The van der Waals surface area contributed by atoms with Gasteiger partial charge in [0.15, 0.2) is 0 Å². The minimum Gasteiger partial charge on any atom is -0.390 e. The molecule has 0 fully saturated rings. The van der Waals surface area contributed by atoms with Crippen molar-refractivity contribution in [1.29, 1.82) is 10.5 Å². The normalized spacial score (nSPS) is 10.9. The predicted octanol–water partition coefficient (Wildman–Crippen LogP) is 6.43. The lowest BCUT2D eigenvalue weighted by Crippen LogP contribution is -2.21. The number of aromatic nitrogens is 4. The first kappa shape index (κ1) is 34.0. The van der Waals surface area contributed by atoms with E-state index in [2.05, 4.69) is 66.8 Å². The first-order valence-electron chi connectivity index (χ1n) is 11.0. The molecule has 0 spiro atoms. The van der Waals surface area contributed by atoms with Gasteiger partial charge in [-0.3, -0.25) is 0 Å². The van der Waals surface area contributed by atoms with Crippen molar-refractivity contribution in [3.63, 3.8) is 0 Å². The molecule has 0 bridgehead atoms. The molecule has 8 nitrogen and oxygen atoms in total. The van der Waals surface area contributed by atoms with Gasteiger partial charge < -0.3 is 10.2 Å². The van der Waals surface area contributed by atoms with Crippen molar-refractivity contribution in [2.75, 3.05) is 11.5 Å². The van der Waals surface area contributed by atoms with Gasteiger partial charge in [-0.05, 0) is 84.2 Å². The van der Waals surface area contributed by atoms with Crippen LogP contribution in [0.2, 0.25) is 0 Å². The van der Waals surface area contributed by atoms with Gasteiger partial charge in [-0.1, -0.05) is 7.43 Å². The molecular weight excluding hydrogens is 652 g/mol. The monoisotopic (exact) mass is 682 g/mol. The summed E-state index contributed by atoms with van der Waals surface area (Å²) < 4.78 is 5.12. The number of hydrogen-bond acceptors (Lipinski definition) is 8. The fourth-order valence-electron chi connectivity index (χ4n) is 2.75. The number of aliphatic hydroxyl groups is 2. The highest BCUT2D eigenvalue weighted by atomic mass is 79.9. The Kier molecular flexibility index (Phi) is 12.8. The van der Waals surface area contributed by atoms with Crippen LogP contribution in [0, 0.1) is 29.6 Å². The summed E-state index contributed by atoms with van der Waals surface area (Å²) in [5.74, 6) is 1.12. The van der Waals surface area contributed by atoms with Gasteiger partial charge in [0.1, 0.15) is 12.1 Å². The van der Waals surface area contributed by atoms with Crippen LogP contribution in [-0.2, 0) is 0 Å². The number of pyridine rings is 2. The largest absolute Gasteiger partial charge is 0.390 e. The zero-order valence-electron chi connectivity index (χ0n) is 21.1. The number of nitriles is 2. The molecule has 38 heavy (non-hydrogen) atoms. The lowest BCUT2D eigenvalue weighted by molar-refractivity contribution is 0.106. The third-order valence-corrected chi connectivity index (χ3v) is 7.85. The van der Waals surface area contributed by atoms with E-state index in [0.29, 0.717) is 22.6 Å². The zero-order chi connectivity index (χ0) is 28.0. The van der Waals surface area contributed by atoms with Gasteiger partial charge in [0, 0.05) is 37.7 Å². The van der Waals surface area contributed by atoms with Crippen molar-refractivity contribution >= 4 is 67.3 Å². The van der Waals surface area contributed by atoms with Crippen molar-refractivity contribution in [3.8, 4) is 12.1 Å². The summed E-state index contributed by atoms with van der Waals surface area (Å²) in [5, 5.41) is 44.4. The van der Waals surface area contributed by atoms with Crippen LogP contribution in [0.15, 0.2) is 50.8 Å². The molecule has 0 aliphatic carbocycles. The Morgan fingerprint density at radius 1 is 0.921 bits per heavy atom. The van der Waals surface area contributed by atoms with E-state index in [1.165, 1.54) is 0 Å². The fraction of sp³-hybridized carbons (Fsp3) is 0.385. The molecule has 0 saturated carbocycles. The third-order valence-electron chi connectivity index (χ3n) is 4.46. The van der Waals surface area contributed by atoms with Crippen molar-refractivity contribution < 1.29 is 10.2 Å².